The molecule has 0 bridgehead atoms. The third-order valence-corrected chi connectivity index (χ3v) is 3.09. The normalized spacial score (nSPS) is 9.72. The molecule has 0 aliphatic rings. The SMILES string of the molecule is N#Cc1ccc(C(=O)CSc2ncccn2)cc1. The smallest absolute Gasteiger partial charge is 0.187 e. The molecule has 0 saturated carbocycles. The van der Waals surface area contributed by atoms with Crippen molar-refractivity contribution in [3.63, 3.8) is 0 Å². The van der Waals surface area contributed by atoms with Crippen LogP contribution in [-0.2, 0) is 0 Å². The summed E-state index contributed by atoms with van der Waals surface area (Å²) in [5, 5.41) is 9.25. The Balaban J connectivity index is 1.98. The van der Waals surface area contributed by atoms with E-state index in [0.29, 0.717) is 16.3 Å². The van der Waals surface area contributed by atoms with Crippen molar-refractivity contribution in [2.24, 2.45) is 0 Å². The molecule has 0 spiro atoms. The van der Waals surface area contributed by atoms with Gasteiger partial charge in [0.25, 0.3) is 0 Å². The van der Waals surface area contributed by atoms with E-state index in [1.165, 1.54) is 11.8 Å². The Kier molecular flexibility index (Phi) is 4.05. The van der Waals surface area contributed by atoms with Gasteiger partial charge in [-0.1, -0.05) is 23.9 Å². The molecule has 0 aliphatic carbocycles. The molecule has 2 rings (SSSR count). The second-order valence-electron chi connectivity index (χ2n) is 3.43. The number of nitriles is 1. The van der Waals surface area contributed by atoms with E-state index in [2.05, 4.69) is 9.97 Å². The molecule has 0 radical (unpaired) electrons. The number of carbonyl (C=O) groups is 1. The summed E-state index contributed by atoms with van der Waals surface area (Å²) in [6.07, 6.45) is 3.28. The Morgan fingerprint density at radius 2 is 1.89 bits per heavy atom. The van der Waals surface area contributed by atoms with Crippen LogP contribution in [0.4, 0.5) is 0 Å². The van der Waals surface area contributed by atoms with Gasteiger partial charge in [0.1, 0.15) is 0 Å². The second-order valence-corrected chi connectivity index (χ2v) is 4.37. The van der Waals surface area contributed by atoms with Crippen LogP contribution in [0.2, 0.25) is 0 Å². The molecule has 0 saturated heterocycles. The van der Waals surface area contributed by atoms with Gasteiger partial charge in [0.05, 0.1) is 17.4 Å². The molecule has 0 amide bonds. The number of nitrogens with zero attached hydrogens (tertiary/aromatic N) is 3. The van der Waals surface area contributed by atoms with Crippen molar-refractivity contribution in [1.82, 2.24) is 9.97 Å². The van der Waals surface area contributed by atoms with Crippen LogP contribution in [-0.4, -0.2) is 21.5 Å². The number of Topliss-reactive ketones (excluding diaryl/α,β-unsaturated/α-hetero) is 1. The van der Waals surface area contributed by atoms with Crippen molar-refractivity contribution in [1.29, 1.82) is 5.26 Å². The van der Waals surface area contributed by atoms with Crippen LogP contribution in [0.3, 0.4) is 0 Å². The topological polar surface area (TPSA) is 66.6 Å². The van der Waals surface area contributed by atoms with E-state index in [9.17, 15) is 4.79 Å². The van der Waals surface area contributed by atoms with E-state index in [4.69, 9.17) is 5.26 Å². The first kappa shape index (κ1) is 12.3. The van der Waals surface area contributed by atoms with Crippen LogP contribution in [0, 0.1) is 11.3 Å². The summed E-state index contributed by atoms with van der Waals surface area (Å²) in [5.74, 6) is 0.285. The zero-order valence-corrected chi connectivity index (χ0v) is 10.2. The van der Waals surface area contributed by atoms with Crippen LogP contribution in [0.25, 0.3) is 0 Å². The van der Waals surface area contributed by atoms with Crippen molar-refractivity contribution in [3.05, 3.63) is 53.9 Å². The Morgan fingerprint density at radius 1 is 1.22 bits per heavy atom. The van der Waals surface area contributed by atoms with E-state index >= 15 is 0 Å². The molecule has 0 fully saturated rings. The molecule has 0 N–H and O–H groups in total. The molecule has 4 nitrogen and oxygen atoms in total. The number of hydrogen-bond acceptors (Lipinski definition) is 5. The number of thioether (sulfide) groups is 1. The van der Waals surface area contributed by atoms with Crippen LogP contribution in [0.15, 0.2) is 47.9 Å². The predicted molar refractivity (Wildman–Crippen MR) is 68.2 cm³/mol. The lowest BCUT2D eigenvalue weighted by molar-refractivity contribution is 0.102. The van der Waals surface area contributed by atoms with E-state index in [1.807, 2.05) is 6.07 Å². The van der Waals surface area contributed by atoms with Gasteiger partial charge in [-0.2, -0.15) is 5.26 Å². The van der Waals surface area contributed by atoms with Crippen molar-refractivity contribution >= 4 is 17.5 Å². The largest absolute Gasteiger partial charge is 0.293 e. The first-order chi connectivity index (χ1) is 8.79. The Bertz CT molecular complexity index is 575. The molecular weight excluding hydrogens is 246 g/mol. The summed E-state index contributed by atoms with van der Waals surface area (Å²) in [6, 6.07) is 10.3. The van der Waals surface area contributed by atoms with Crippen LogP contribution in [0.5, 0.6) is 0 Å². The van der Waals surface area contributed by atoms with E-state index in [0.717, 1.165) is 0 Å². The number of hydrogen-bond donors (Lipinski definition) is 0. The molecule has 18 heavy (non-hydrogen) atoms. The second kappa shape index (κ2) is 5.94. The highest BCUT2D eigenvalue weighted by molar-refractivity contribution is 7.99. The molecule has 1 aromatic carbocycles. The van der Waals surface area contributed by atoms with Crippen LogP contribution >= 0.6 is 11.8 Å². The van der Waals surface area contributed by atoms with Crippen molar-refractivity contribution in [3.8, 4) is 6.07 Å². The van der Waals surface area contributed by atoms with Crippen molar-refractivity contribution in [2.75, 3.05) is 5.75 Å². The van der Waals surface area contributed by atoms with Gasteiger partial charge < -0.3 is 0 Å². The Labute approximate surface area is 109 Å². The maximum absolute atomic E-state index is 11.9. The number of aromatic nitrogens is 2. The van der Waals surface area contributed by atoms with Gasteiger partial charge in [-0.05, 0) is 18.2 Å². The minimum atomic E-state index is -0.00283. The summed E-state index contributed by atoms with van der Waals surface area (Å²) in [7, 11) is 0. The first-order valence-corrected chi connectivity index (χ1v) is 6.21. The minimum absolute atomic E-state index is 0.00283. The van der Waals surface area contributed by atoms with E-state index < -0.39 is 0 Å². The van der Waals surface area contributed by atoms with Crippen LogP contribution < -0.4 is 0 Å². The molecule has 1 aromatic heterocycles. The number of carbonyl (C=O) groups excluding carboxylic acids is 1. The maximum Gasteiger partial charge on any atom is 0.187 e. The molecule has 5 heteroatoms. The highest BCUT2D eigenvalue weighted by atomic mass is 32.2. The standard InChI is InChI=1S/C13H9N3OS/c14-8-10-2-4-11(5-3-10)12(17)9-18-13-15-6-1-7-16-13/h1-7H,9H2. The van der Waals surface area contributed by atoms with Gasteiger partial charge in [-0.25, -0.2) is 9.97 Å². The number of ketones is 1. The van der Waals surface area contributed by atoms with E-state index in [1.54, 1.807) is 42.7 Å². The lowest BCUT2D eigenvalue weighted by Crippen LogP contribution is -2.02. The number of benzene rings is 1. The summed E-state index contributed by atoms with van der Waals surface area (Å²) in [6.45, 7) is 0. The monoisotopic (exact) mass is 255 g/mol. The molecule has 0 atom stereocenters. The molecule has 1 heterocycles. The molecular formula is C13H9N3OS. The zero-order chi connectivity index (χ0) is 12.8. The lowest BCUT2D eigenvalue weighted by atomic mass is 10.1. The van der Waals surface area contributed by atoms with Gasteiger partial charge >= 0.3 is 0 Å². The fourth-order valence-corrected chi connectivity index (χ4v) is 2.00. The van der Waals surface area contributed by atoms with Crippen molar-refractivity contribution < 1.29 is 4.79 Å². The summed E-state index contributed by atoms with van der Waals surface area (Å²) in [5.41, 5.74) is 1.14. The number of rotatable bonds is 4. The highest BCUT2D eigenvalue weighted by Gasteiger charge is 2.07. The Morgan fingerprint density at radius 3 is 2.50 bits per heavy atom. The molecule has 2 aromatic rings. The lowest BCUT2D eigenvalue weighted by Gasteiger charge is -2.00. The first-order valence-electron chi connectivity index (χ1n) is 5.23. The van der Waals surface area contributed by atoms with Gasteiger partial charge in [-0.15, -0.1) is 0 Å². The van der Waals surface area contributed by atoms with Gasteiger partial charge in [0.15, 0.2) is 10.9 Å². The highest BCUT2D eigenvalue weighted by Crippen LogP contribution is 2.14. The molecule has 0 unspecified atom stereocenters. The van der Waals surface area contributed by atoms with Gasteiger partial charge in [0.2, 0.25) is 0 Å². The van der Waals surface area contributed by atoms with Crippen LogP contribution in [0.1, 0.15) is 15.9 Å². The van der Waals surface area contributed by atoms with Gasteiger partial charge in [-0.3, -0.25) is 4.79 Å². The Hall–Kier alpha value is -2.19. The summed E-state index contributed by atoms with van der Waals surface area (Å²) in [4.78, 5) is 19.9. The average molecular weight is 255 g/mol. The minimum Gasteiger partial charge on any atom is -0.293 e. The fourth-order valence-electron chi connectivity index (χ4n) is 1.30. The third-order valence-electron chi connectivity index (χ3n) is 2.21. The molecule has 0 aliphatic heterocycles. The summed E-state index contributed by atoms with van der Waals surface area (Å²) < 4.78 is 0. The maximum atomic E-state index is 11.9. The van der Waals surface area contributed by atoms with Crippen molar-refractivity contribution in [2.45, 2.75) is 5.16 Å². The quantitative estimate of drug-likeness (QED) is 0.476. The molecule has 88 valence electrons. The third kappa shape index (κ3) is 3.15. The van der Waals surface area contributed by atoms with Gasteiger partial charge in [0, 0.05) is 18.0 Å². The average Bonchev–Trinajstić information content (AvgIpc) is 2.46. The fraction of sp³-hybridized carbons (Fsp3) is 0.0769. The summed E-state index contributed by atoms with van der Waals surface area (Å²) >= 11 is 1.30. The zero-order valence-electron chi connectivity index (χ0n) is 9.41. The van der Waals surface area contributed by atoms with E-state index in [-0.39, 0.29) is 11.5 Å². The predicted octanol–water partition coefficient (Wildman–Crippen LogP) is 2.32.